The van der Waals surface area contributed by atoms with E-state index in [1.165, 1.54) is 88.6 Å². The van der Waals surface area contributed by atoms with Crippen LogP contribution in [0.3, 0.4) is 0 Å². The molecule has 1 aliphatic rings. The van der Waals surface area contributed by atoms with Crippen molar-refractivity contribution in [3.8, 4) is 50.2 Å². The molecule has 0 bridgehead atoms. The van der Waals surface area contributed by atoms with E-state index >= 15 is 0 Å². The van der Waals surface area contributed by atoms with Gasteiger partial charge in [0.1, 0.15) is 0 Å². The van der Waals surface area contributed by atoms with Crippen LogP contribution in [0.4, 0.5) is 17.1 Å². The van der Waals surface area contributed by atoms with Gasteiger partial charge < -0.3 is 9.47 Å². The Morgan fingerprint density at radius 1 is 0.275 bits per heavy atom. The number of nitrogens with zero attached hydrogens (tertiary/aromatic N) is 2. The number of para-hydroxylation sites is 2. The summed E-state index contributed by atoms with van der Waals surface area (Å²) in [4.78, 5) is 2.40. The van der Waals surface area contributed by atoms with Crippen molar-refractivity contribution in [2.75, 3.05) is 4.90 Å². The van der Waals surface area contributed by atoms with E-state index in [0.29, 0.717) is 0 Å². The molecule has 1 aliphatic carbocycles. The Bertz CT molecular complexity index is 3780. The van der Waals surface area contributed by atoms with Gasteiger partial charge in [0.15, 0.2) is 0 Å². The van der Waals surface area contributed by atoms with Gasteiger partial charge >= 0.3 is 0 Å². The van der Waals surface area contributed by atoms with Crippen LogP contribution in [0.5, 0.6) is 0 Å². The molecule has 324 valence electrons. The summed E-state index contributed by atoms with van der Waals surface area (Å²) in [5.41, 5.74) is 21.2. The lowest BCUT2D eigenvalue weighted by atomic mass is 9.67. The summed E-state index contributed by atoms with van der Waals surface area (Å²) in [5, 5.41) is 2.48. The molecular formula is C67H46N2. The van der Waals surface area contributed by atoms with Crippen LogP contribution >= 0.6 is 0 Å². The smallest absolute Gasteiger partial charge is 0.0714 e. The highest BCUT2D eigenvalue weighted by Gasteiger charge is 2.46. The molecule has 0 amide bonds. The first kappa shape index (κ1) is 40.3. The molecule has 0 unspecified atom stereocenters. The minimum absolute atomic E-state index is 0.488. The summed E-state index contributed by atoms with van der Waals surface area (Å²) in [6, 6.07) is 102. The molecule has 11 aromatic carbocycles. The normalized spacial score (nSPS) is 12.5. The van der Waals surface area contributed by atoms with Crippen LogP contribution in [0, 0.1) is 0 Å². The molecule has 0 aliphatic heterocycles. The Morgan fingerprint density at radius 3 is 1.51 bits per heavy atom. The van der Waals surface area contributed by atoms with Crippen LogP contribution in [0.2, 0.25) is 0 Å². The first-order valence-electron chi connectivity index (χ1n) is 23.8. The van der Waals surface area contributed by atoms with E-state index in [1.807, 2.05) is 0 Å². The largest absolute Gasteiger partial charge is 0.310 e. The molecule has 1 heterocycles. The van der Waals surface area contributed by atoms with Gasteiger partial charge in [0.2, 0.25) is 0 Å². The monoisotopic (exact) mass is 878 g/mol. The van der Waals surface area contributed by atoms with Crippen molar-refractivity contribution in [2.45, 2.75) is 5.41 Å². The molecule has 69 heavy (non-hydrogen) atoms. The van der Waals surface area contributed by atoms with E-state index in [1.54, 1.807) is 0 Å². The number of hydrogen-bond donors (Lipinski definition) is 0. The molecule has 2 nitrogen and oxygen atoms in total. The Labute approximate surface area is 403 Å². The number of benzene rings is 11. The van der Waals surface area contributed by atoms with Crippen LogP contribution in [0.1, 0.15) is 22.3 Å². The molecule has 0 atom stereocenters. The van der Waals surface area contributed by atoms with Crippen molar-refractivity contribution < 1.29 is 0 Å². The van der Waals surface area contributed by atoms with Gasteiger partial charge in [-0.15, -0.1) is 0 Å². The third-order valence-corrected chi connectivity index (χ3v) is 14.3. The summed E-state index contributed by atoms with van der Waals surface area (Å²) < 4.78 is 2.41. The summed E-state index contributed by atoms with van der Waals surface area (Å²) >= 11 is 0. The summed E-state index contributed by atoms with van der Waals surface area (Å²) in [5.74, 6) is 0. The third kappa shape index (κ3) is 6.72. The molecule has 0 N–H and O–H groups in total. The van der Waals surface area contributed by atoms with Crippen LogP contribution in [-0.4, -0.2) is 4.57 Å². The molecular weight excluding hydrogens is 833 g/mol. The topological polar surface area (TPSA) is 8.17 Å². The average Bonchev–Trinajstić information content (AvgIpc) is 3.92. The fraction of sp³-hybridized carbons (Fsp3) is 0.0149. The Kier molecular flexibility index (Phi) is 9.77. The Morgan fingerprint density at radius 2 is 0.768 bits per heavy atom. The molecule has 0 saturated carbocycles. The van der Waals surface area contributed by atoms with Crippen molar-refractivity contribution in [1.82, 2.24) is 4.57 Å². The van der Waals surface area contributed by atoms with Crippen LogP contribution < -0.4 is 4.90 Å². The summed E-state index contributed by atoms with van der Waals surface area (Å²) in [7, 11) is 0. The maximum absolute atomic E-state index is 2.44. The van der Waals surface area contributed by atoms with E-state index < -0.39 is 5.41 Å². The van der Waals surface area contributed by atoms with Crippen LogP contribution in [-0.2, 0) is 5.41 Å². The second-order valence-corrected chi connectivity index (χ2v) is 18.1. The molecule has 0 radical (unpaired) electrons. The van der Waals surface area contributed by atoms with Crippen LogP contribution in [0.25, 0.3) is 72.0 Å². The van der Waals surface area contributed by atoms with Gasteiger partial charge in [-0.2, -0.15) is 0 Å². The fourth-order valence-electron chi connectivity index (χ4n) is 11.2. The van der Waals surface area contributed by atoms with Gasteiger partial charge in [0.05, 0.1) is 16.4 Å². The standard InChI is InChI=1S/C67H46N2/c1-5-19-47(20-6-1)51-23-18-30-57(44-51)69-65-34-16-14-32-61(65)62-45-52(37-42-66(62)69)50-22-17-21-49(43-50)48-35-38-56(39-36-48)68(55-28-11-4-12-29-55)58-40-41-60-59-31-13-15-33-63(59)67(64(60)46-58,53-24-7-2-8-25-53)54-26-9-3-10-27-54/h1-46H. The molecule has 0 saturated heterocycles. The molecule has 1 aromatic heterocycles. The number of rotatable bonds is 9. The zero-order valence-electron chi connectivity index (χ0n) is 38.0. The highest BCUT2D eigenvalue weighted by atomic mass is 15.1. The number of anilines is 3. The van der Waals surface area contributed by atoms with Gasteiger partial charge in [-0.25, -0.2) is 0 Å². The predicted molar refractivity (Wildman–Crippen MR) is 289 cm³/mol. The quantitative estimate of drug-likeness (QED) is 0.140. The van der Waals surface area contributed by atoms with E-state index in [9.17, 15) is 0 Å². The van der Waals surface area contributed by atoms with Gasteiger partial charge in [-0.1, -0.05) is 206 Å². The number of hydrogen-bond acceptors (Lipinski definition) is 1. The lowest BCUT2D eigenvalue weighted by Gasteiger charge is -2.35. The molecule has 0 spiro atoms. The van der Waals surface area contributed by atoms with Crippen molar-refractivity contribution in [1.29, 1.82) is 0 Å². The predicted octanol–water partition coefficient (Wildman–Crippen LogP) is 17.6. The molecule has 2 heteroatoms. The average molecular weight is 879 g/mol. The maximum Gasteiger partial charge on any atom is 0.0714 e. The first-order valence-corrected chi connectivity index (χ1v) is 23.8. The van der Waals surface area contributed by atoms with Crippen molar-refractivity contribution in [2.24, 2.45) is 0 Å². The Balaban J connectivity index is 0.877. The second kappa shape index (κ2) is 16.7. The lowest BCUT2D eigenvalue weighted by Crippen LogP contribution is -2.28. The first-order chi connectivity index (χ1) is 34.2. The number of aromatic nitrogens is 1. The SMILES string of the molecule is c1ccc(-c2cccc(-n3c4ccccc4c4cc(-c5cccc(-c6ccc(N(c7ccccc7)c7ccc8c(c7)C(c7ccccc7)(c7ccccc7)c7ccccc7-8)cc6)c5)ccc43)c2)cc1. The van der Waals surface area contributed by atoms with E-state index in [-0.39, 0.29) is 0 Å². The lowest BCUT2D eigenvalue weighted by molar-refractivity contribution is 0.768. The fourth-order valence-corrected chi connectivity index (χ4v) is 11.2. The highest BCUT2D eigenvalue weighted by Crippen LogP contribution is 2.57. The number of fused-ring (bicyclic) bond motifs is 6. The summed E-state index contributed by atoms with van der Waals surface area (Å²) in [6.45, 7) is 0. The van der Waals surface area contributed by atoms with E-state index in [2.05, 4.69) is 289 Å². The Hall–Kier alpha value is -8.98. The van der Waals surface area contributed by atoms with Crippen LogP contribution in [0.15, 0.2) is 279 Å². The highest BCUT2D eigenvalue weighted by molar-refractivity contribution is 6.10. The molecule has 12 aromatic rings. The van der Waals surface area contributed by atoms with E-state index in [0.717, 1.165) is 22.7 Å². The van der Waals surface area contributed by atoms with Crippen molar-refractivity contribution in [3.05, 3.63) is 301 Å². The zero-order chi connectivity index (χ0) is 45.7. The van der Waals surface area contributed by atoms with Crippen molar-refractivity contribution in [3.63, 3.8) is 0 Å². The molecule has 13 rings (SSSR count). The van der Waals surface area contributed by atoms with Gasteiger partial charge in [-0.3, -0.25) is 0 Å². The minimum Gasteiger partial charge on any atom is -0.310 e. The van der Waals surface area contributed by atoms with Gasteiger partial charge in [0, 0.05) is 33.5 Å². The zero-order valence-corrected chi connectivity index (χ0v) is 38.0. The third-order valence-electron chi connectivity index (χ3n) is 14.3. The van der Waals surface area contributed by atoms with E-state index in [4.69, 9.17) is 0 Å². The summed E-state index contributed by atoms with van der Waals surface area (Å²) in [6.07, 6.45) is 0. The maximum atomic E-state index is 2.44. The van der Waals surface area contributed by atoms with Gasteiger partial charge in [0.25, 0.3) is 0 Å². The van der Waals surface area contributed by atoms with Gasteiger partial charge in [-0.05, 0) is 140 Å². The second-order valence-electron chi connectivity index (χ2n) is 18.1. The minimum atomic E-state index is -0.488. The van der Waals surface area contributed by atoms with Crippen molar-refractivity contribution >= 4 is 38.9 Å². The molecule has 0 fully saturated rings.